The van der Waals surface area contributed by atoms with Crippen molar-refractivity contribution in [1.82, 2.24) is 35.0 Å². The first kappa shape index (κ1) is 20.6. The largest absolute Gasteiger partial charge is 0.383 e. The molecule has 2 aromatic heterocycles. The standard InChI is InChI=1S/C21H29N7O2/c1-14-5-6-15(2)18-16(14)13-17(21(29)22-18)19(27-9-7-26(3)8-10-27)20-23-24-25-28(20)11-12-30-4/h5-6,13,19H,7-12H2,1-4H3,(H,22,29). The van der Waals surface area contributed by atoms with Gasteiger partial charge in [0.25, 0.3) is 5.56 Å². The molecule has 1 unspecified atom stereocenters. The Kier molecular flexibility index (Phi) is 5.94. The summed E-state index contributed by atoms with van der Waals surface area (Å²) in [6, 6.07) is 5.83. The van der Waals surface area contributed by atoms with Crippen molar-refractivity contribution in [3.63, 3.8) is 0 Å². The van der Waals surface area contributed by atoms with E-state index in [1.165, 1.54) is 0 Å². The first-order chi connectivity index (χ1) is 14.5. The quantitative estimate of drug-likeness (QED) is 0.650. The van der Waals surface area contributed by atoms with Gasteiger partial charge < -0.3 is 14.6 Å². The molecule has 4 rings (SSSR count). The molecule has 0 radical (unpaired) electrons. The Morgan fingerprint density at radius 2 is 1.90 bits per heavy atom. The maximum Gasteiger partial charge on any atom is 0.253 e. The highest BCUT2D eigenvalue weighted by atomic mass is 16.5. The van der Waals surface area contributed by atoms with Crippen molar-refractivity contribution < 1.29 is 4.74 Å². The number of aromatic amines is 1. The molecule has 1 aliphatic rings. The van der Waals surface area contributed by atoms with Crippen LogP contribution < -0.4 is 5.56 Å². The summed E-state index contributed by atoms with van der Waals surface area (Å²) >= 11 is 0. The van der Waals surface area contributed by atoms with Gasteiger partial charge in [0.2, 0.25) is 0 Å². The third kappa shape index (κ3) is 3.88. The van der Waals surface area contributed by atoms with Crippen LogP contribution in [0.15, 0.2) is 23.0 Å². The SMILES string of the molecule is COCCn1nnnc1C(c1cc2c(C)ccc(C)c2[nH]c1=O)N1CCN(C)CC1. The number of pyridine rings is 1. The average molecular weight is 412 g/mol. The summed E-state index contributed by atoms with van der Waals surface area (Å²) in [5.74, 6) is 0.673. The molecule has 0 bridgehead atoms. The molecular weight excluding hydrogens is 382 g/mol. The summed E-state index contributed by atoms with van der Waals surface area (Å²) < 4.78 is 6.97. The zero-order chi connectivity index (χ0) is 21.3. The van der Waals surface area contributed by atoms with Crippen molar-refractivity contribution in [2.75, 3.05) is 46.9 Å². The third-order valence-electron chi connectivity index (χ3n) is 5.98. The predicted molar refractivity (Wildman–Crippen MR) is 115 cm³/mol. The fourth-order valence-corrected chi connectivity index (χ4v) is 4.12. The second kappa shape index (κ2) is 8.63. The minimum atomic E-state index is -0.321. The van der Waals surface area contributed by atoms with E-state index in [-0.39, 0.29) is 11.6 Å². The second-order valence-corrected chi connectivity index (χ2v) is 8.04. The Hall–Kier alpha value is -2.62. The number of piperazine rings is 1. The highest BCUT2D eigenvalue weighted by Gasteiger charge is 2.32. The number of fused-ring (bicyclic) bond motifs is 1. The fraction of sp³-hybridized carbons (Fsp3) is 0.524. The lowest BCUT2D eigenvalue weighted by atomic mass is 9.99. The van der Waals surface area contributed by atoms with Gasteiger partial charge in [0, 0.05) is 44.2 Å². The van der Waals surface area contributed by atoms with Gasteiger partial charge in [-0.15, -0.1) is 5.10 Å². The molecule has 3 aromatic rings. The molecule has 9 heteroatoms. The van der Waals surface area contributed by atoms with Gasteiger partial charge in [-0.25, -0.2) is 4.68 Å². The highest BCUT2D eigenvalue weighted by molar-refractivity contribution is 5.85. The van der Waals surface area contributed by atoms with Crippen molar-refractivity contribution in [2.24, 2.45) is 0 Å². The summed E-state index contributed by atoms with van der Waals surface area (Å²) in [7, 11) is 3.77. The van der Waals surface area contributed by atoms with Crippen molar-refractivity contribution in [1.29, 1.82) is 0 Å². The number of rotatable bonds is 6. The molecule has 30 heavy (non-hydrogen) atoms. The molecule has 3 heterocycles. The topological polar surface area (TPSA) is 92.2 Å². The van der Waals surface area contributed by atoms with Crippen LogP contribution in [0.4, 0.5) is 0 Å². The number of aromatic nitrogens is 5. The Balaban J connectivity index is 1.86. The monoisotopic (exact) mass is 411 g/mol. The molecule has 1 saturated heterocycles. The van der Waals surface area contributed by atoms with Gasteiger partial charge >= 0.3 is 0 Å². The maximum absolute atomic E-state index is 13.3. The number of tetrazole rings is 1. The minimum absolute atomic E-state index is 0.0959. The number of H-pyrrole nitrogens is 1. The maximum atomic E-state index is 13.3. The smallest absolute Gasteiger partial charge is 0.253 e. The third-order valence-corrected chi connectivity index (χ3v) is 5.98. The van der Waals surface area contributed by atoms with E-state index in [4.69, 9.17) is 4.74 Å². The van der Waals surface area contributed by atoms with Crippen LogP contribution in [0.5, 0.6) is 0 Å². The normalized spacial score (nSPS) is 16.9. The first-order valence-electron chi connectivity index (χ1n) is 10.3. The van der Waals surface area contributed by atoms with Crippen LogP contribution >= 0.6 is 0 Å². The van der Waals surface area contributed by atoms with E-state index in [0.717, 1.165) is 48.2 Å². The minimum Gasteiger partial charge on any atom is -0.383 e. The van der Waals surface area contributed by atoms with Crippen LogP contribution in [0.25, 0.3) is 10.9 Å². The summed E-state index contributed by atoms with van der Waals surface area (Å²) in [5, 5.41) is 13.5. The highest BCUT2D eigenvalue weighted by Crippen LogP contribution is 2.29. The van der Waals surface area contributed by atoms with Crippen molar-refractivity contribution in [3.05, 3.63) is 51.1 Å². The molecule has 1 N–H and O–H groups in total. The van der Waals surface area contributed by atoms with E-state index in [2.05, 4.69) is 50.3 Å². The van der Waals surface area contributed by atoms with Crippen LogP contribution in [-0.4, -0.2) is 81.9 Å². The Bertz CT molecular complexity index is 1080. The van der Waals surface area contributed by atoms with Crippen molar-refractivity contribution >= 4 is 10.9 Å². The molecule has 0 aliphatic carbocycles. The second-order valence-electron chi connectivity index (χ2n) is 8.04. The Morgan fingerprint density at radius 1 is 1.17 bits per heavy atom. The molecule has 1 aliphatic heterocycles. The van der Waals surface area contributed by atoms with Gasteiger partial charge in [-0.3, -0.25) is 9.69 Å². The number of ether oxygens (including phenoxy) is 1. The van der Waals surface area contributed by atoms with Gasteiger partial charge in [0.05, 0.1) is 18.7 Å². The number of nitrogens with one attached hydrogen (secondary N) is 1. The number of hydrogen-bond acceptors (Lipinski definition) is 7. The lowest BCUT2D eigenvalue weighted by Gasteiger charge is -2.37. The van der Waals surface area contributed by atoms with Gasteiger partial charge in [0.15, 0.2) is 5.82 Å². The number of likely N-dealkylation sites (N-methyl/N-ethyl adjacent to an activating group) is 1. The molecule has 1 aromatic carbocycles. The number of aryl methyl sites for hydroxylation is 2. The van der Waals surface area contributed by atoms with Gasteiger partial charge in [0.1, 0.15) is 6.04 Å². The van der Waals surface area contributed by atoms with E-state index in [1.807, 2.05) is 19.1 Å². The van der Waals surface area contributed by atoms with Crippen molar-refractivity contribution in [3.8, 4) is 0 Å². The number of methoxy groups -OCH3 is 1. The first-order valence-corrected chi connectivity index (χ1v) is 10.3. The summed E-state index contributed by atoms with van der Waals surface area (Å²) in [5.41, 5.74) is 3.65. The molecule has 0 spiro atoms. The molecule has 160 valence electrons. The molecule has 1 fully saturated rings. The molecule has 0 saturated carbocycles. The lowest BCUT2D eigenvalue weighted by molar-refractivity contribution is 0.119. The predicted octanol–water partition coefficient (Wildman–Crippen LogP) is 1.11. The van der Waals surface area contributed by atoms with E-state index in [1.54, 1.807) is 11.8 Å². The summed E-state index contributed by atoms with van der Waals surface area (Å²) in [6.45, 7) is 8.65. The molecule has 9 nitrogen and oxygen atoms in total. The molecule has 1 atom stereocenters. The number of nitrogens with zero attached hydrogens (tertiary/aromatic N) is 6. The number of hydrogen-bond donors (Lipinski definition) is 1. The summed E-state index contributed by atoms with van der Waals surface area (Å²) in [6.07, 6.45) is 0. The van der Waals surface area contributed by atoms with Crippen LogP contribution in [0.1, 0.15) is 28.6 Å². The lowest BCUT2D eigenvalue weighted by Crippen LogP contribution is -2.47. The average Bonchev–Trinajstić information content (AvgIpc) is 3.19. The van der Waals surface area contributed by atoms with Gasteiger partial charge in [-0.05, 0) is 48.5 Å². The van der Waals surface area contributed by atoms with Crippen LogP contribution in [0.3, 0.4) is 0 Å². The zero-order valence-electron chi connectivity index (χ0n) is 18.1. The van der Waals surface area contributed by atoms with Crippen LogP contribution in [0.2, 0.25) is 0 Å². The van der Waals surface area contributed by atoms with Crippen LogP contribution in [0, 0.1) is 13.8 Å². The van der Waals surface area contributed by atoms with E-state index >= 15 is 0 Å². The van der Waals surface area contributed by atoms with Crippen molar-refractivity contribution in [2.45, 2.75) is 26.4 Å². The Morgan fingerprint density at radius 3 is 2.63 bits per heavy atom. The van der Waals surface area contributed by atoms with E-state index in [9.17, 15) is 4.79 Å². The molecular formula is C21H29N7O2. The van der Waals surface area contributed by atoms with Crippen LogP contribution in [-0.2, 0) is 11.3 Å². The molecule has 0 amide bonds. The van der Waals surface area contributed by atoms with Gasteiger partial charge in [-0.1, -0.05) is 12.1 Å². The number of benzene rings is 1. The fourth-order valence-electron chi connectivity index (χ4n) is 4.12. The van der Waals surface area contributed by atoms with E-state index < -0.39 is 0 Å². The Labute approximate surface area is 175 Å². The summed E-state index contributed by atoms with van der Waals surface area (Å²) in [4.78, 5) is 21.0. The zero-order valence-corrected chi connectivity index (χ0v) is 18.1. The van der Waals surface area contributed by atoms with Gasteiger partial charge in [-0.2, -0.15) is 0 Å². The van der Waals surface area contributed by atoms with E-state index in [0.29, 0.717) is 24.5 Å².